The molecule has 0 saturated carbocycles. The van der Waals surface area contributed by atoms with Crippen molar-refractivity contribution < 1.29 is 52.7 Å². The highest BCUT2D eigenvalue weighted by atomic mass is 35.5. The monoisotopic (exact) mass is 1650 g/mol. The lowest BCUT2D eigenvalue weighted by Gasteiger charge is -2.43. The molecule has 0 atom stereocenters. The quantitative estimate of drug-likeness (QED) is 0.0588. The Bertz CT molecular complexity index is 6640. The molecule has 0 spiro atoms. The summed E-state index contributed by atoms with van der Waals surface area (Å²) in [5.74, 6) is -21.5. The molecule has 117 heavy (non-hydrogen) atoms. The van der Waals surface area contributed by atoms with Crippen LogP contribution >= 0.6 is 45.9 Å². The molecule has 0 unspecified atom stereocenters. The predicted octanol–water partition coefficient (Wildman–Crippen LogP) is 29.5. The van der Waals surface area contributed by atoms with Crippen LogP contribution in [0.15, 0.2) is 233 Å². The highest BCUT2D eigenvalue weighted by Crippen LogP contribution is 2.53. The summed E-state index contributed by atoms with van der Waals surface area (Å²) in [5.41, 5.74) is 14.5. The minimum absolute atomic E-state index is 0.0525. The minimum atomic E-state index is -2.24. The minimum Gasteiger partial charge on any atom is -0.456 e. The Morgan fingerprint density at radius 3 is 1.36 bits per heavy atom. The molecule has 588 valence electrons. The van der Waals surface area contributed by atoms with Gasteiger partial charge in [-0.25, -0.2) is 43.9 Å². The molecule has 0 fully saturated rings. The van der Waals surface area contributed by atoms with Gasteiger partial charge in [-0.3, -0.25) is 0 Å². The first kappa shape index (κ1) is 78.3. The Morgan fingerprint density at radius 1 is 0.359 bits per heavy atom. The van der Waals surface area contributed by atoms with Crippen LogP contribution in [0.25, 0.3) is 64.8 Å². The molecule has 21 heteroatoms. The van der Waals surface area contributed by atoms with Gasteiger partial charge < -0.3 is 28.4 Å². The fraction of sp³-hybridized carbons (Fsp3) is 0.167. The molecular weight excluding hydrogens is 1580 g/mol. The van der Waals surface area contributed by atoms with Crippen LogP contribution in [-0.4, -0.2) is 6.71 Å². The van der Waals surface area contributed by atoms with Gasteiger partial charge in [-0.05, 0) is 182 Å². The number of hydrogen-bond donors (Lipinski definition) is 0. The van der Waals surface area contributed by atoms with Gasteiger partial charge >= 0.3 is 0 Å². The summed E-state index contributed by atoms with van der Waals surface area (Å²) in [7, 11) is 0. The smallest absolute Gasteiger partial charge is 0.264 e. The first-order valence-electron chi connectivity index (χ1n) is 37.9. The van der Waals surface area contributed by atoms with E-state index in [1.165, 1.54) is 34.4 Å². The number of rotatable bonds is 10. The van der Waals surface area contributed by atoms with Gasteiger partial charge in [0, 0.05) is 120 Å². The number of para-hydroxylation sites is 2. The number of halogens is 12. The van der Waals surface area contributed by atoms with Crippen molar-refractivity contribution in [1.29, 1.82) is 0 Å². The second-order valence-corrected chi connectivity index (χ2v) is 36.6. The average molecular weight is 1650 g/mol. The molecule has 0 aliphatic carbocycles. The fourth-order valence-electron chi connectivity index (χ4n) is 15.8. The van der Waals surface area contributed by atoms with Crippen LogP contribution in [0.1, 0.15) is 105 Å². The molecule has 6 nitrogen and oxygen atoms in total. The third kappa shape index (κ3) is 13.6. The number of nitrogens with zero attached hydrogens (tertiary/aromatic N) is 4. The third-order valence-electron chi connectivity index (χ3n) is 21.9. The highest BCUT2D eigenvalue weighted by Gasteiger charge is 2.47. The normalized spacial score (nSPS) is 12.9. The predicted molar refractivity (Wildman–Crippen MR) is 462 cm³/mol. The lowest BCUT2D eigenvalue weighted by atomic mass is 9.36. The van der Waals surface area contributed by atoms with E-state index in [9.17, 15) is 35.1 Å². The Labute approximate surface area is 688 Å². The van der Waals surface area contributed by atoms with Gasteiger partial charge in [-0.15, -0.1) is 22.7 Å². The maximum atomic E-state index is 15.2. The van der Waals surface area contributed by atoms with Gasteiger partial charge in [0.15, 0.2) is 46.5 Å². The van der Waals surface area contributed by atoms with E-state index >= 15 is 8.78 Å². The number of anilines is 12. The van der Waals surface area contributed by atoms with Crippen molar-refractivity contribution in [2.24, 2.45) is 0 Å². The van der Waals surface area contributed by atoms with Crippen molar-refractivity contribution in [2.45, 2.75) is 105 Å². The zero-order valence-corrected chi connectivity index (χ0v) is 68.5. The summed E-state index contributed by atoms with van der Waals surface area (Å²) in [5, 5.41) is 6.17. The lowest BCUT2D eigenvalue weighted by molar-refractivity contribution is 0.379. The molecule has 18 rings (SSSR count). The molecule has 0 amide bonds. The molecular formula is C96H73BCl2F10N4O2S2. The number of fused-ring (bicyclic) bond motifs is 9. The summed E-state index contributed by atoms with van der Waals surface area (Å²) in [4.78, 5) is 8.58. The lowest BCUT2D eigenvalue weighted by Crippen LogP contribution is -2.60. The third-order valence-corrected chi connectivity index (χ3v) is 24.5. The van der Waals surface area contributed by atoms with E-state index < -0.39 is 80.8 Å². The maximum Gasteiger partial charge on any atom is 0.264 e. The summed E-state index contributed by atoms with van der Waals surface area (Å²) >= 11 is 17.6. The molecule has 0 bridgehead atoms. The van der Waals surface area contributed by atoms with E-state index in [-0.39, 0.29) is 39.5 Å². The van der Waals surface area contributed by atoms with Crippen LogP contribution in [0.4, 0.5) is 112 Å². The number of benzene rings is 12. The van der Waals surface area contributed by atoms with Gasteiger partial charge in [0.2, 0.25) is 11.6 Å². The van der Waals surface area contributed by atoms with Crippen LogP contribution in [-0.2, 0) is 21.7 Å². The van der Waals surface area contributed by atoms with Crippen LogP contribution in [0, 0.1) is 58.2 Å². The van der Waals surface area contributed by atoms with Crippen LogP contribution < -0.4 is 35.3 Å². The molecule has 12 aromatic carbocycles. The van der Waals surface area contributed by atoms with E-state index in [2.05, 4.69) is 188 Å². The Balaban J connectivity index is 0.000000168. The van der Waals surface area contributed by atoms with E-state index in [0.29, 0.717) is 32.2 Å². The fourth-order valence-corrected chi connectivity index (χ4v) is 18.4. The van der Waals surface area contributed by atoms with Gasteiger partial charge in [-0.1, -0.05) is 185 Å². The zero-order valence-electron chi connectivity index (χ0n) is 65.4. The number of furan rings is 2. The second kappa shape index (κ2) is 28.9. The van der Waals surface area contributed by atoms with Gasteiger partial charge in [0.1, 0.15) is 22.7 Å². The van der Waals surface area contributed by atoms with E-state index in [4.69, 9.17) is 32.0 Å². The summed E-state index contributed by atoms with van der Waals surface area (Å²) in [6.07, 6.45) is 0. The summed E-state index contributed by atoms with van der Waals surface area (Å²) in [6.45, 7) is 26.0. The van der Waals surface area contributed by atoms with E-state index in [1.807, 2.05) is 102 Å². The van der Waals surface area contributed by atoms with Crippen molar-refractivity contribution >= 4 is 179 Å². The first-order chi connectivity index (χ1) is 55.5. The van der Waals surface area contributed by atoms with Crippen LogP contribution in [0.2, 0.25) is 10.0 Å². The van der Waals surface area contributed by atoms with Gasteiger partial charge in [-0.2, -0.15) is 0 Å². The summed E-state index contributed by atoms with van der Waals surface area (Å²) < 4.78 is 161. The molecule has 2 aliphatic heterocycles. The van der Waals surface area contributed by atoms with Crippen molar-refractivity contribution in [1.82, 2.24) is 0 Å². The van der Waals surface area contributed by atoms with Crippen LogP contribution in [0.5, 0.6) is 0 Å². The molecule has 0 radical (unpaired) electrons. The highest BCUT2D eigenvalue weighted by molar-refractivity contribution is 7.33. The molecule has 6 heterocycles. The van der Waals surface area contributed by atoms with Crippen molar-refractivity contribution in [3.63, 3.8) is 0 Å². The largest absolute Gasteiger partial charge is 0.456 e. The molecule has 0 N–H and O–H groups in total. The average Bonchev–Trinajstić information content (AvgIpc) is 1.58. The van der Waals surface area contributed by atoms with Crippen molar-refractivity contribution in [3.05, 3.63) is 314 Å². The molecule has 16 aromatic rings. The molecule has 2 aliphatic rings. The zero-order chi connectivity index (χ0) is 82.7. The van der Waals surface area contributed by atoms with Gasteiger partial charge in [0.25, 0.3) is 6.71 Å². The number of thiophene rings is 2. The van der Waals surface area contributed by atoms with E-state index in [0.717, 1.165) is 92.7 Å². The van der Waals surface area contributed by atoms with Crippen molar-refractivity contribution in [3.8, 4) is 22.6 Å². The maximum absolute atomic E-state index is 15.2. The summed E-state index contributed by atoms with van der Waals surface area (Å²) in [6, 6.07) is 71.0. The molecule has 4 aromatic heterocycles. The topological polar surface area (TPSA) is 39.2 Å². The number of hydrogen-bond acceptors (Lipinski definition) is 8. The Morgan fingerprint density at radius 2 is 0.803 bits per heavy atom. The first-order valence-corrected chi connectivity index (χ1v) is 40.3. The van der Waals surface area contributed by atoms with Crippen LogP contribution in [0.3, 0.4) is 0 Å². The Kier molecular flexibility index (Phi) is 19.3. The van der Waals surface area contributed by atoms with Crippen molar-refractivity contribution in [2.75, 3.05) is 19.6 Å². The van der Waals surface area contributed by atoms with Gasteiger partial charge in [0.05, 0.1) is 22.5 Å². The SMILES string of the molecule is CC(C)(C)c1ccc(N(c2cc(Cl)cc(N(c3ccccc3)c3ccc4cc(-c5c(F)c(F)c(F)c(F)c5F)oc4c3)c2)c2csc3ccc(C(C)(C)C)cc23)cc1.CC(C)(C)c1ccc(N2c3cc(Cl)cc4c3B(c3cc5cc(-c6c(F)c(F)c(F)c(F)c6F)oc5cc3N4c3ccccc3)c3sc4ccc(C(C)(C)C)cc4c32)cc1. The van der Waals surface area contributed by atoms with E-state index in [1.54, 1.807) is 46.9 Å². The molecule has 0 saturated heterocycles. The second-order valence-electron chi connectivity index (χ2n) is 33.7. The Hall–Kier alpha value is -11.2. The standard InChI is InChI=1S/C48H35BClF5N2OS.C48H38ClF5N2OS/c1-47(2,3)25-12-15-29(16-13-25)57-34-22-27(50)21-33-39(34)49(46-45(57)30-20-26(48(4,5)6)14-17-37(30)59-46)31-18-24-19-36(38-40(51)42(53)44(55)43(54)41(38)52)58-35(24)23-32(31)56(33)28-10-8-7-9-11-28;1-47(2,3)28-13-17-32(18-14-28)56(37-26-58-40-19-15-29(21-36(37)40)48(4,5)6)35-23-30(49)22-34(24-35)55(31-10-8-7-9-11-31)33-16-12-27-20-39(57-38(27)25-33)41-42(50)44(52)46(54)45(53)43(41)51/h7-23H,1-6H3;7-26H,1-6H3.